The molecule has 3 N–H and O–H groups in total. The van der Waals surface area contributed by atoms with E-state index in [-0.39, 0.29) is 0 Å². The maximum absolute atomic E-state index is 11.0. The van der Waals surface area contributed by atoms with Crippen molar-refractivity contribution in [1.82, 2.24) is 0 Å². The van der Waals surface area contributed by atoms with Crippen LogP contribution in [0.1, 0.15) is 25.8 Å². The lowest BCUT2D eigenvalue weighted by Gasteiger charge is -2.19. The normalized spacial score (nSPS) is 11.3. The van der Waals surface area contributed by atoms with E-state index in [0.29, 0.717) is 19.6 Å². The van der Waals surface area contributed by atoms with Crippen molar-refractivity contribution in [2.75, 3.05) is 13.2 Å². The lowest BCUT2D eigenvalue weighted by atomic mass is 9.86. The number of carboxylic acids is 1. The Balaban J connectivity index is 2.57. The summed E-state index contributed by atoms with van der Waals surface area (Å²) < 4.78 is 5.48. The van der Waals surface area contributed by atoms with Crippen molar-refractivity contribution < 1.29 is 14.6 Å². The molecule has 0 radical (unpaired) electrons. The molecule has 1 rings (SSSR count). The van der Waals surface area contributed by atoms with Gasteiger partial charge in [-0.25, -0.2) is 0 Å². The zero-order chi connectivity index (χ0) is 13.6. The summed E-state index contributed by atoms with van der Waals surface area (Å²) in [6, 6.07) is 7.54. The van der Waals surface area contributed by atoms with E-state index in [2.05, 4.69) is 0 Å². The van der Waals surface area contributed by atoms with Crippen molar-refractivity contribution in [2.45, 2.75) is 26.7 Å². The van der Waals surface area contributed by atoms with Crippen molar-refractivity contribution in [3.63, 3.8) is 0 Å². The highest BCUT2D eigenvalue weighted by Crippen LogP contribution is 2.23. The zero-order valence-corrected chi connectivity index (χ0v) is 11.0. The zero-order valence-electron chi connectivity index (χ0n) is 11.0. The fourth-order valence-corrected chi connectivity index (χ4v) is 1.56. The fraction of sp³-hybridized carbons (Fsp3) is 0.500. The Hall–Kier alpha value is -1.55. The van der Waals surface area contributed by atoms with Crippen LogP contribution in [0, 0.1) is 5.41 Å². The van der Waals surface area contributed by atoms with Gasteiger partial charge < -0.3 is 15.6 Å². The summed E-state index contributed by atoms with van der Waals surface area (Å²) in [7, 11) is 0. The topological polar surface area (TPSA) is 72.5 Å². The molecule has 0 atom stereocenters. The molecule has 0 fully saturated rings. The third-order valence-electron chi connectivity index (χ3n) is 2.77. The van der Waals surface area contributed by atoms with Crippen LogP contribution in [0.2, 0.25) is 0 Å². The van der Waals surface area contributed by atoms with Gasteiger partial charge in [0.05, 0.1) is 12.0 Å². The predicted octanol–water partition coefficient (Wildman–Crippen LogP) is 2.07. The smallest absolute Gasteiger partial charge is 0.309 e. The molecule has 0 spiro atoms. The van der Waals surface area contributed by atoms with Gasteiger partial charge in [0.1, 0.15) is 5.75 Å². The highest BCUT2D eigenvalue weighted by Gasteiger charge is 2.27. The molecule has 0 unspecified atom stereocenters. The molecule has 0 amide bonds. The molecule has 0 aliphatic carbocycles. The van der Waals surface area contributed by atoms with E-state index in [1.54, 1.807) is 13.8 Å². The Morgan fingerprint density at radius 2 is 1.94 bits per heavy atom. The Kier molecular flexibility index (Phi) is 5.16. The first-order chi connectivity index (χ1) is 8.45. The fourth-order valence-electron chi connectivity index (χ4n) is 1.56. The maximum Gasteiger partial charge on any atom is 0.309 e. The first kappa shape index (κ1) is 14.5. The van der Waals surface area contributed by atoms with Gasteiger partial charge in [0.25, 0.3) is 0 Å². The summed E-state index contributed by atoms with van der Waals surface area (Å²) in [5.74, 6) is 0.00565. The van der Waals surface area contributed by atoms with Gasteiger partial charge in [0.2, 0.25) is 0 Å². The van der Waals surface area contributed by atoms with Crippen LogP contribution in [-0.4, -0.2) is 24.2 Å². The van der Waals surface area contributed by atoms with Gasteiger partial charge in [-0.15, -0.1) is 0 Å². The van der Waals surface area contributed by atoms with Crippen LogP contribution in [0.25, 0.3) is 0 Å². The first-order valence-electron chi connectivity index (χ1n) is 6.11. The number of carbonyl (C=O) groups is 1. The molecule has 0 saturated carbocycles. The van der Waals surface area contributed by atoms with E-state index in [1.165, 1.54) is 0 Å². The summed E-state index contributed by atoms with van der Waals surface area (Å²) in [4.78, 5) is 11.0. The van der Waals surface area contributed by atoms with Crippen LogP contribution in [-0.2, 0) is 11.2 Å². The quantitative estimate of drug-likeness (QED) is 0.728. The lowest BCUT2D eigenvalue weighted by molar-refractivity contribution is -0.146. The predicted molar refractivity (Wildman–Crippen MR) is 70.7 cm³/mol. The van der Waals surface area contributed by atoms with E-state index < -0.39 is 11.4 Å². The Morgan fingerprint density at radius 3 is 2.44 bits per heavy atom. The summed E-state index contributed by atoms with van der Waals surface area (Å²) in [5.41, 5.74) is 5.62. The molecule has 0 bridgehead atoms. The minimum Gasteiger partial charge on any atom is -0.494 e. The average Bonchev–Trinajstić information content (AvgIpc) is 2.31. The number of ether oxygens (including phenoxy) is 1. The summed E-state index contributed by atoms with van der Waals surface area (Å²) in [6.45, 7) is 4.67. The summed E-state index contributed by atoms with van der Waals surface area (Å²) >= 11 is 0. The van der Waals surface area contributed by atoms with Crippen LogP contribution in [0.15, 0.2) is 24.3 Å². The van der Waals surface area contributed by atoms with Crippen LogP contribution in [0.5, 0.6) is 5.75 Å². The largest absolute Gasteiger partial charge is 0.494 e. The highest BCUT2D eigenvalue weighted by molar-refractivity contribution is 5.74. The molecule has 0 saturated heterocycles. The van der Waals surface area contributed by atoms with Gasteiger partial charge in [-0.1, -0.05) is 12.1 Å². The number of aliphatic carboxylic acids is 1. The SMILES string of the molecule is CC(C)(Cc1ccc(OCCCN)cc1)C(=O)O. The van der Waals surface area contributed by atoms with Gasteiger partial charge in [0, 0.05) is 0 Å². The minimum absolute atomic E-state index is 0.505. The van der Waals surface area contributed by atoms with E-state index in [9.17, 15) is 4.79 Å². The molecular weight excluding hydrogens is 230 g/mol. The molecule has 18 heavy (non-hydrogen) atoms. The molecule has 0 heterocycles. The lowest BCUT2D eigenvalue weighted by Crippen LogP contribution is -2.26. The van der Waals surface area contributed by atoms with Crippen LogP contribution in [0.4, 0.5) is 0 Å². The van der Waals surface area contributed by atoms with Gasteiger partial charge in [-0.2, -0.15) is 0 Å². The first-order valence-corrected chi connectivity index (χ1v) is 6.11. The Bertz CT molecular complexity index is 385. The maximum atomic E-state index is 11.0. The van der Waals surface area contributed by atoms with Gasteiger partial charge >= 0.3 is 5.97 Å². The third-order valence-corrected chi connectivity index (χ3v) is 2.77. The molecule has 0 aliphatic heterocycles. The Morgan fingerprint density at radius 1 is 1.33 bits per heavy atom. The number of rotatable bonds is 7. The van der Waals surface area contributed by atoms with Crippen molar-refractivity contribution in [2.24, 2.45) is 11.1 Å². The molecule has 0 aromatic heterocycles. The molecule has 1 aromatic rings. The van der Waals surface area contributed by atoms with E-state index >= 15 is 0 Å². The second kappa shape index (κ2) is 6.40. The summed E-state index contributed by atoms with van der Waals surface area (Å²) in [5, 5.41) is 9.06. The molecule has 4 heteroatoms. The third kappa shape index (κ3) is 4.37. The standard InChI is InChI=1S/C14H21NO3/c1-14(2,13(16)17)10-11-4-6-12(7-5-11)18-9-3-8-15/h4-7H,3,8-10,15H2,1-2H3,(H,16,17). The molecular formula is C14H21NO3. The van der Waals surface area contributed by atoms with Crippen molar-refractivity contribution >= 4 is 5.97 Å². The van der Waals surface area contributed by atoms with E-state index in [1.807, 2.05) is 24.3 Å². The molecule has 0 aliphatic rings. The van der Waals surface area contributed by atoms with Crippen molar-refractivity contribution in [3.8, 4) is 5.75 Å². The van der Waals surface area contributed by atoms with Crippen LogP contribution >= 0.6 is 0 Å². The minimum atomic E-state index is -0.786. The Labute approximate surface area is 108 Å². The van der Waals surface area contributed by atoms with Gasteiger partial charge in [-0.3, -0.25) is 4.79 Å². The second-order valence-corrected chi connectivity index (χ2v) is 5.00. The van der Waals surface area contributed by atoms with E-state index in [4.69, 9.17) is 15.6 Å². The van der Waals surface area contributed by atoms with E-state index in [0.717, 1.165) is 17.7 Å². The van der Waals surface area contributed by atoms with Crippen LogP contribution in [0.3, 0.4) is 0 Å². The monoisotopic (exact) mass is 251 g/mol. The second-order valence-electron chi connectivity index (χ2n) is 5.00. The molecule has 1 aromatic carbocycles. The van der Waals surface area contributed by atoms with Crippen molar-refractivity contribution in [1.29, 1.82) is 0 Å². The highest BCUT2D eigenvalue weighted by atomic mass is 16.5. The number of hydrogen-bond donors (Lipinski definition) is 2. The summed E-state index contributed by atoms with van der Waals surface area (Å²) in [6.07, 6.45) is 1.33. The van der Waals surface area contributed by atoms with Gasteiger partial charge in [0.15, 0.2) is 0 Å². The molecule has 100 valence electrons. The average molecular weight is 251 g/mol. The van der Waals surface area contributed by atoms with Crippen LogP contribution < -0.4 is 10.5 Å². The number of nitrogens with two attached hydrogens (primary N) is 1. The van der Waals surface area contributed by atoms with Crippen molar-refractivity contribution in [3.05, 3.63) is 29.8 Å². The number of carboxylic acid groups (broad SMARTS) is 1. The molecule has 4 nitrogen and oxygen atoms in total. The van der Waals surface area contributed by atoms with Gasteiger partial charge in [-0.05, 0) is 50.9 Å². The number of benzene rings is 1. The number of hydrogen-bond acceptors (Lipinski definition) is 3.